The molecule has 2 N–H and O–H groups in total. The molecule has 9 nitrogen and oxygen atoms in total. The lowest BCUT2D eigenvalue weighted by Gasteiger charge is -2.41. The topological polar surface area (TPSA) is 95.9 Å². The highest BCUT2D eigenvalue weighted by atomic mass is 19.4. The number of ether oxygens (including phenoxy) is 2. The van der Waals surface area contributed by atoms with Crippen LogP contribution in [0.4, 0.5) is 54.1 Å². The van der Waals surface area contributed by atoms with Crippen molar-refractivity contribution in [2.45, 2.75) is 98.8 Å². The Balaban J connectivity index is 1.14. The van der Waals surface area contributed by atoms with E-state index >= 15 is 8.78 Å². The summed E-state index contributed by atoms with van der Waals surface area (Å²) < 4.78 is 167. The lowest BCUT2D eigenvalue weighted by Crippen LogP contribution is -2.68. The molecule has 0 radical (unpaired) electrons. The molecule has 2 bridgehead atoms. The van der Waals surface area contributed by atoms with Gasteiger partial charge in [0.05, 0.1) is 28.3 Å². The zero-order valence-electron chi connectivity index (χ0n) is 30.6. The number of alkyl halides is 9. The number of phenolic OH excluding ortho intramolecular Hbond substituents is 1. The van der Waals surface area contributed by atoms with Crippen LogP contribution >= 0.6 is 0 Å². The largest absolute Gasteiger partial charge is 0.508 e. The summed E-state index contributed by atoms with van der Waals surface area (Å²) >= 11 is 0. The Morgan fingerprint density at radius 2 is 1.68 bits per heavy atom. The number of nitrogens with one attached hydrogen (secondary N) is 1. The Labute approximate surface area is 327 Å². The molecule has 4 aromatic rings. The Morgan fingerprint density at radius 3 is 2.39 bits per heavy atom. The molecule has 2 unspecified atom stereocenters. The monoisotopic (exact) mass is 842 g/mol. The van der Waals surface area contributed by atoms with E-state index in [4.69, 9.17) is 21.1 Å². The third kappa shape index (κ3) is 6.04. The maximum atomic E-state index is 17.3. The number of pyridine rings is 1. The highest BCUT2D eigenvalue weighted by molar-refractivity contribution is 6.03. The Hall–Kier alpha value is -4.74. The van der Waals surface area contributed by atoms with Gasteiger partial charge in [0.2, 0.25) is 0 Å². The molecule has 0 amide bonds. The molecular weight excluding hydrogens is 809 g/mol. The van der Waals surface area contributed by atoms with Crippen LogP contribution in [0, 0.1) is 24.0 Å². The molecule has 5 atom stereocenters. The minimum Gasteiger partial charge on any atom is -0.508 e. The fourth-order valence-corrected chi connectivity index (χ4v) is 10.0. The summed E-state index contributed by atoms with van der Waals surface area (Å²) in [4.78, 5) is 17.4. The van der Waals surface area contributed by atoms with Crippen molar-refractivity contribution in [1.82, 2.24) is 25.2 Å². The van der Waals surface area contributed by atoms with E-state index in [1.165, 1.54) is 23.1 Å². The van der Waals surface area contributed by atoms with E-state index in [0.717, 1.165) is 18.9 Å². The van der Waals surface area contributed by atoms with Crippen molar-refractivity contribution in [3.63, 3.8) is 0 Å². The number of piperazine rings is 1. The maximum Gasteiger partial charge on any atom is 0.435 e. The molecule has 20 heteroatoms. The van der Waals surface area contributed by atoms with Crippen molar-refractivity contribution in [3.8, 4) is 35.4 Å². The number of aryl methyl sites for hydroxylation is 1. The van der Waals surface area contributed by atoms with Crippen LogP contribution in [0.15, 0.2) is 24.3 Å². The van der Waals surface area contributed by atoms with Crippen LogP contribution in [0.25, 0.3) is 32.9 Å². The average molecular weight is 843 g/mol. The smallest absolute Gasteiger partial charge is 0.435 e. The van der Waals surface area contributed by atoms with Crippen LogP contribution in [0.2, 0.25) is 0 Å². The fraction of sp³-hybridized carbons (Fsp3) is 0.513. The first kappa shape index (κ1) is 39.7. The summed E-state index contributed by atoms with van der Waals surface area (Å²) in [5.74, 6) is 0.493. The summed E-state index contributed by atoms with van der Waals surface area (Å²) in [7, 11) is 0. The molecule has 0 spiro atoms. The van der Waals surface area contributed by atoms with E-state index in [9.17, 15) is 44.6 Å². The number of aromatic nitrogens is 3. The fourth-order valence-electron chi connectivity index (χ4n) is 10.0. The lowest BCUT2D eigenvalue weighted by atomic mass is 9.93. The summed E-state index contributed by atoms with van der Waals surface area (Å²) in [6.45, 7) is -0.610. The van der Waals surface area contributed by atoms with Gasteiger partial charge in [0.15, 0.2) is 5.82 Å². The molecule has 7 heterocycles. The molecular formula is C39H33F11N6O3. The van der Waals surface area contributed by atoms with Crippen molar-refractivity contribution >= 4 is 27.5 Å². The molecule has 2 aromatic carbocycles. The van der Waals surface area contributed by atoms with Crippen molar-refractivity contribution in [2.75, 3.05) is 31.1 Å². The number of aromatic hydroxyl groups is 1. The van der Waals surface area contributed by atoms with Gasteiger partial charge in [-0.15, -0.1) is 6.42 Å². The quantitative estimate of drug-likeness (QED) is 0.151. The molecule has 9 rings (SSSR count). The van der Waals surface area contributed by atoms with Crippen molar-refractivity contribution in [1.29, 1.82) is 0 Å². The van der Waals surface area contributed by atoms with E-state index in [2.05, 4.69) is 21.0 Å². The van der Waals surface area contributed by atoms with Crippen LogP contribution in [-0.4, -0.2) is 105 Å². The Kier molecular flexibility index (Phi) is 9.01. The van der Waals surface area contributed by atoms with Gasteiger partial charge in [-0.1, -0.05) is 12.0 Å². The van der Waals surface area contributed by atoms with Gasteiger partial charge in [-0.25, -0.2) is 13.8 Å². The number of rotatable bonds is 6. The van der Waals surface area contributed by atoms with Crippen molar-refractivity contribution < 1.29 is 62.9 Å². The Morgan fingerprint density at radius 1 is 0.932 bits per heavy atom. The number of terminal acetylenes is 1. The number of phenols is 1. The second-order valence-electron chi connectivity index (χ2n) is 15.9. The predicted octanol–water partition coefficient (Wildman–Crippen LogP) is 7.49. The first-order valence-electron chi connectivity index (χ1n) is 18.9. The van der Waals surface area contributed by atoms with Gasteiger partial charge in [0.25, 0.3) is 0 Å². The molecule has 0 saturated carbocycles. The van der Waals surface area contributed by atoms with Gasteiger partial charge >= 0.3 is 30.1 Å². The first-order valence-corrected chi connectivity index (χ1v) is 18.9. The molecule has 4 fully saturated rings. The number of hydrogen-bond acceptors (Lipinski definition) is 9. The van der Waals surface area contributed by atoms with Crippen LogP contribution in [0.5, 0.6) is 11.8 Å². The zero-order chi connectivity index (χ0) is 42.0. The van der Waals surface area contributed by atoms with Crippen LogP contribution < -0.4 is 15.0 Å². The van der Waals surface area contributed by atoms with Crippen molar-refractivity contribution in [3.05, 3.63) is 47.2 Å². The number of halogens is 11. The SMILES string of the molecule is C#Cc1c(F)ccc2cc(O)cc(-c3nc4c5c(nc(OCC67CCCN6CC(OC(C(F)(F)F)(C(F)(F)F)C(F)(F)F)C7)nc5c3F)N3C[C@H]5CC[C@H](N5)[C@H]3CC4)c12. The van der Waals surface area contributed by atoms with Crippen LogP contribution in [0.3, 0.4) is 0 Å². The first-order chi connectivity index (χ1) is 27.7. The van der Waals surface area contributed by atoms with Gasteiger partial charge in [-0.05, 0) is 75.1 Å². The minimum atomic E-state index is -6.89. The van der Waals surface area contributed by atoms with Gasteiger partial charge in [0, 0.05) is 42.2 Å². The van der Waals surface area contributed by atoms with Gasteiger partial charge < -0.3 is 24.8 Å². The minimum absolute atomic E-state index is 0.0291. The molecule has 0 aliphatic carbocycles. The van der Waals surface area contributed by atoms with Gasteiger partial charge in [0.1, 0.15) is 35.2 Å². The van der Waals surface area contributed by atoms with E-state index < -0.39 is 73.0 Å². The average Bonchev–Trinajstić information content (AvgIpc) is 3.80. The molecule has 314 valence electrons. The predicted molar refractivity (Wildman–Crippen MR) is 189 cm³/mol. The molecule has 5 aliphatic heterocycles. The lowest BCUT2D eigenvalue weighted by molar-refractivity contribution is -0.463. The van der Waals surface area contributed by atoms with Gasteiger partial charge in [-0.2, -0.15) is 49.5 Å². The zero-order valence-corrected chi connectivity index (χ0v) is 30.6. The highest BCUT2D eigenvalue weighted by Crippen LogP contribution is 2.57. The van der Waals surface area contributed by atoms with Crippen LogP contribution in [0.1, 0.15) is 49.8 Å². The van der Waals surface area contributed by atoms with E-state index in [1.54, 1.807) is 0 Å². The Bertz CT molecular complexity index is 2380. The maximum absolute atomic E-state index is 17.3. The normalized spacial score (nSPS) is 26.0. The summed E-state index contributed by atoms with van der Waals surface area (Å²) in [5.41, 5.74) is -8.25. The molecule has 2 aromatic heterocycles. The van der Waals surface area contributed by atoms with Gasteiger partial charge in [-0.3, -0.25) is 4.90 Å². The second kappa shape index (κ2) is 13.4. The summed E-state index contributed by atoms with van der Waals surface area (Å²) in [5, 5.41) is 14.9. The van der Waals surface area contributed by atoms with E-state index in [1.807, 2.05) is 4.90 Å². The van der Waals surface area contributed by atoms with E-state index in [0.29, 0.717) is 36.9 Å². The number of fused-ring (bicyclic) bond motifs is 7. The summed E-state index contributed by atoms with van der Waals surface area (Å²) in [6, 6.07) is 4.56. The number of nitrogens with zero attached hydrogens (tertiary/aromatic N) is 5. The summed E-state index contributed by atoms with van der Waals surface area (Å²) in [6.07, 6.45) is -14.7. The number of hydrogen-bond donors (Lipinski definition) is 2. The highest BCUT2D eigenvalue weighted by Gasteiger charge is 2.86. The van der Waals surface area contributed by atoms with Crippen molar-refractivity contribution in [2.24, 2.45) is 0 Å². The molecule has 4 saturated heterocycles. The second-order valence-corrected chi connectivity index (χ2v) is 15.9. The standard InChI is InChI=1S/C39H33F11N6O3/c1-2-22-24(40)6-4-18-12-20(57)13-23(28(18)22)31-30(41)32-29-26(52-31)8-9-27-25-7-5-19(51-25)15-56(27)33(29)54-34(53-32)58-17-35-10-3-11-55(35)16-21(14-35)59-36(37(42,43)44,38(45,46)47)39(48,49)50/h1,4,6,12-13,19,21,25,27,51,57H,3,5,7-11,14-17H2/t19-,21?,25+,27-,35?/m1/s1. The van der Waals surface area contributed by atoms with Crippen LogP contribution in [-0.2, 0) is 11.2 Å². The number of benzene rings is 2. The third-order valence-electron chi connectivity index (χ3n) is 12.6. The van der Waals surface area contributed by atoms with E-state index in [-0.39, 0.29) is 75.8 Å². The molecule has 5 aliphatic rings. The third-order valence-corrected chi connectivity index (χ3v) is 12.6. The number of anilines is 1. The molecule has 59 heavy (non-hydrogen) atoms.